The predicted molar refractivity (Wildman–Crippen MR) is 63.6 cm³/mol. The van der Waals surface area contributed by atoms with E-state index in [0.717, 1.165) is 6.42 Å². The van der Waals surface area contributed by atoms with Crippen molar-refractivity contribution in [2.24, 2.45) is 5.92 Å². The van der Waals surface area contributed by atoms with Crippen LogP contribution in [-0.4, -0.2) is 40.7 Å². The molecule has 0 saturated carbocycles. The molecule has 1 rings (SSSR count). The van der Waals surface area contributed by atoms with Gasteiger partial charge in [0.15, 0.2) is 0 Å². The highest BCUT2D eigenvalue weighted by atomic mass is 16.5. The molecule has 0 amide bonds. The SMILES string of the molecule is CC(C)C[C@H](N[C@H]1OCCC[C@]1(C)O)C(=O)O. The van der Waals surface area contributed by atoms with Crippen LogP contribution >= 0.6 is 0 Å². The van der Waals surface area contributed by atoms with Crippen molar-refractivity contribution in [2.75, 3.05) is 6.61 Å². The summed E-state index contributed by atoms with van der Waals surface area (Å²) < 4.78 is 5.43. The molecule has 1 heterocycles. The van der Waals surface area contributed by atoms with E-state index < -0.39 is 23.8 Å². The molecule has 0 aromatic rings. The van der Waals surface area contributed by atoms with Gasteiger partial charge in [-0.3, -0.25) is 10.1 Å². The minimum absolute atomic E-state index is 0.275. The highest BCUT2D eigenvalue weighted by Gasteiger charge is 2.38. The van der Waals surface area contributed by atoms with Gasteiger partial charge in [0.05, 0.1) is 0 Å². The number of aliphatic hydroxyl groups is 1. The third kappa shape index (κ3) is 4.26. The minimum atomic E-state index is -0.997. The van der Waals surface area contributed by atoms with Crippen LogP contribution in [-0.2, 0) is 9.53 Å². The molecule has 17 heavy (non-hydrogen) atoms. The van der Waals surface area contributed by atoms with Gasteiger partial charge in [0.2, 0.25) is 0 Å². The van der Waals surface area contributed by atoms with Crippen LogP contribution in [0.3, 0.4) is 0 Å². The summed E-state index contributed by atoms with van der Waals surface area (Å²) in [7, 11) is 0. The highest BCUT2D eigenvalue weighted by molar-refractivity contribution is 5.73. The number of hydrogen-bond donors (Lipinski definition) is 3. The number of hydrogen-bond acceptors (Lipinski definition) is 4. The van der Waals surface area contributed by atoms with E-state index in [4.69, 9.17) is 9.84 Å². The molecular weight excluding hydrogens is 222 g/mol. The Morgan fingerprint density at radius 1 is 1.59 bits per heavy atom. The van der Waals surface area contributed by atoms with E-state index in [2.05, 4.69) is 5.32 Å². The molecule has 0 spiro atoms. The van der Waals surface area contributed by atoms with Crippen molar-refractivity contribution >= 4 is 5.97 Å². The largest absolute Gasteiger partial charge is 0.480 e. The summed E-state index contributed by atoms with van der Waals surface area (Å²) in [6.45, 7) is 6.18. The molecule has 3 N–H and O–H groups in total. The third-order valence-electron chi connectivity index (χ3n) is 3.03. The van der Waals surface area contributed by atoms with Crippen molar-refractivity contribution < 1.29 is 19.7 Å². The van der Waals surface area contributed by atoms with Gasteiger partial charge in [0.1, 0.15) is 17.9 Å². The molecule has 5 heteroatoms. The maximum Gasteiger partial charge on any atom is 0.320 e. The van der Waals surface area contributed by atoms with E-state index in [1.165, 1.54) is 0 Å². The topological polar surface area (TPSA) is 78.8 Å². The van der Waals surface area contributed by atoms with E-state index in [0.29, 0.717) is 19.4 Å². The quantitative estimate of drug-likeness (QED) is 0.672. The molecule has 0 unspecified atom stereocenters. The Balaban J connectivity index is 2.62. The molecule has 0 aromatic carbocycles. The maximum atomic E-state index is 11.1. The lowest BCUT2D eigenvalue weighted by atomic mass is 9.94. The van der Waals surface area contributed by atoms with Gasteiger partial charge < -0.3 is 14.9 Å². The zero-order valence-electron chi connectivity index (χ0n) is 10.8. The third-order valence-corrected chi connectivity index (χ3v) is 3.03. The first-order chi connectivity index (χ1) is 7.83. The van der Waals surface area contributed by atoms with Gasteiger partial charge in [-0.05, 0) is 32.1 Å². The molecule has 0 aliphatic carbocycles. The summed E-state index contributed by atoms with van der Waals surface area (Å²) >= 11 is 0. The van der Waals surface area contributed by atoms with E-state index in [9.17, 15) is 9.90 Å². The van der Waals surface area contributed by atoms with Crippen LogP contribution < -0.4 is 5.32 Å². The monoisotopic (exact) mass is 245 g/mol. The van der Waals surface area contributed by atoms with Crippen LogP contribution in [0.4, 0.5) is 0 Å². The van der Waals surface area contributed by atoms with Crippen LogP contribution in [0.2, 0.25) is 0 Å². The summed E-state index contributed by atoms with van der Waals surface area (Å²) in [6, 6.07) is -0.676. The zero-order chi connectivity index (χ0) is 13.1. The van der Waals surface area contributed by atoms with Gasteiger partial charge >= 0.3 is 5.97 Å². The van der Waals surface area contributed by atoms with Gasteiger partial charge in [-0.25, -0.2) is 0 Å². The summed E-state index contributed by atoms with van der Waals surface area (Å²) in [4.78, 5) is 11.1. The maximum absolute atomic E-state index is 11.1. The van der Waals surface area contributed by atoms with Crippen molar-refractivity contribution in [3.05, 3.63) is 0 Å². The van der Waals surface area contributed by atoms with Crippen molar-refractivity contribution in [1.82, 2.24) is 5.32 Å². The van der Waals surface area contributed by atoms with Crippen LogP contribution in [0.15, 0.2) is 0 Å². The Kier molecular flexibility index (Phi) is 4.91. The second-order valence-corrected chi connectivity index (χ2v) is 5.40. The second kappa shape index (κ2) is 5.80. The fraction of sp³-hybridized carbons (Fsp3) is 0.917. The molecule has 100 valence electrons. The molecule has 0 radical (unpaired) electrons. The van der Waals surface area contributed by atoms with Crippen molar-refractivity contribution in [2.45, 2.75) is 57.9 Å². The molecule has 3 atom stereocenters. The van der Waals surface area contributed by atoms with Crippen LogP contribution in [0.1, 0.15) is 40.0 Å². The Bertz CT molecular complexity index is 265. The number of carboxylic acids is 1. The summed E-state index contributed by atoms with van der Waals surface area (Å²) in [5.41, 5.74) is -0.997. The van der Waals surface area contributed by atoms with Gasteiger partial charge in [-0.15, -0.1) is 0 Å². The van der Waals surface area contributed by atoms with Crippen molar-refractivity contribution in [3.63, 3.8) is 0 Å². The number of aliphatic carboxylic acids is 1. The van der Waals surface area contributed by atoms with E-state index in [-0.39, 0.29) is 5.92 Å². The Morgan fingerprint density at radius 3 is 2.71 bits per heavy atom. The first-order valence-electron chi connectivity index (χ1n) is 6.16. The number of rotatable bonds is 5. The van der Waals surface area contributed by atoms with E-state index >= 15 is 0 Å². The minimum Gasteiger partial charge on any atom is -0.480 e. The fourth-order valence-electron chi connectivity index (χ4n) is 2.06. The average molecular weight is 245 g/mol. The Hall–Kier alpha value is -0.650. The van der Waals surface area contributed by atoms with Gasteiger partial charge in [0, 0.05) is 6.61 Å². The summed E-state index contributed by atoms with van der Waals surface area (Å²) in [5.74, 6) is -0.624. The molecule has 0 bridgehead atoms. The lowest BCUT2D eigenvalue weighted by molar-refractivity contribution is -0.161. The standard InChI is InChI=1S/C12H23NO4/c1-8(2)7-9(10(14)15)13-11-12(3,16)5-4-6-17-11/h8-9,11,13,16H,4-7H2,1-3H3,(H,14,15)/t9-,11-,12-/m0/s1. The van der Waals surface area contributed by atoms with E-state index in [1.54, 1.807) is 6.92 Å². The first kappa shape index (κ1) is 14.4. The number of carbonyl (C=O) groups is 1. The van der Waals surface area contributed by atoms with E-state index in [1.807, 2.05) is 13.8 Å². The first-order valence-corrected chi connectivity index (χ1v) is 6.16. The zero-order valence-corrected chi connectivity index (χ0v) is 10.8. The van der Waals surface area contributed by atoms with Gasteiger partial charge in [-0.1, -0.05) is 13.8 Å². The molecular formula is C12H23NO4. The smallest absolute Gasteiger partial charge is 0.320 e. The number of nitrogens with one attached hydrogen (secondary N) is 1. The molecule has 1 saturated heterocycles. The molecule has 5 nitrogen and oxygen atoms in total. The van der Waals surface area contributed by atoms with Gasteiger partial charge in [-0.2, -0.15) is 0 Å². The lowest BCUT2D eigenvalue weighted by Crippen LogP contribution is -2.57. The normalized spacial score (nSPS) is 31.5. The lowest BCUT2D eigenvalue weighted by Gasteiger charge is -2.38. The molecule has 1 aliphatic rings. The van der Waals surface area contributed by atoms with Crippen LogP contribution in [0.25, 0.3) is 0 Å². The molecule has 1 fully saturated rings. The van der Waals surface area contributed by atoms with Crippen molar-refractivity contribution in [1.29, 1.82) is 0 Å². The van der Waals surface area contributed by atoms with Crippen molar-refractivity contribution in [3.8, 4) is 0 Å². The summed E-state index contributed by atoms with van der Waals surface area (Å²) in [5, 5.41) is 22.1. The molecule has 1 aliphatic heterocycles. The average Bonchev–Trinajstić information content (AvgIpc) is 2.18. The second-order valence-electron chi connectivity index (χ2n) is 5.40. The fourth-order valence-corrected chi connectivity index (χ4v) is 2.06. The molecule has 0 aromatic heterocycles. The van der Waals surface area contributed by atoms with Gasteiger partial charge in [0.25, 0.3) is 0 Å². The number of carboxylic acid groups (broad SMARTS) is 1. The van der Waals surface area contributed by atoms with Crippen LogP contribution in [0.5, 0.6) is 0 Å². The highest BCUT2D eigenvalue weighted by Crippen LogP contribution is 2.24. The number of ether oxygens (including phenoxy) is 1. The Morgan fingerprint density at radius 2 is 2.24 bits per heavy atom. The summed E-state index contributed by atoms with van der Waals surface area (Å²) in [6.07, 6.45) is 1.34. The Labute approximate surface area is 102 Å². The van der Waals surface area contributed by atoms with Crippen LogP contribution in [0, 0.1) is 5.92 Å². The predicted octanol–water partition coefficient (Wildman–Crippen LogP) is 0.963.